The van der Waals surface area contributed by atoms with Crippen molar-refractivity contribution in [3.8, 4) is 5.75 Å². The van der Waals surface area contributed by atoms with Crippen LogP contribution in [0, 0.1) is 6.92 Å². The molecule has 5 heteroatoms. The SMILES string of the molecule is CCOc1ccc(NC(=O)Cn2cccc(C)c2=O)cc1. The largest absolute Gasteiger partial charge is 0.494 e. The van der Waals surface area contributed by atoms with E-state index >= 15 is 0 Å². The van der Waals surface area contributed by atoms with Gasteiger partial charge in [-0.3, -0.25) is 9.59 Å². The number of anilines is 1. The minimum absolute atomic E-state index is 0.00623. The molecule has 0 radical (unpaired) electrons. The van der Waals surface area contributed by atoms with Crippen molar-refractivity contribution in [3.05, 3.63) is 58.5 Å². The fourth-order valence-electron chi connectivity index (χ4n) is 1.94. The number of ether oxygens (including phenoxy) is 1. The van der Waals surface area contributed by atoms with Gasteiger partial charge >= 0.3 is 0 Å². The summed E-state index contributed by atoms with van der Waals surface area (Å²) in [5, 5.41) is 2.75. The maximum Gasteiger partial charge on any atom is 0.253 e. The van der Waals surface area contributed by atoms with E-state index in [0.717, 1.165) is 5.75 Å². The number of benzene rings is 1. The van der Waals surface area contributed by atoms with Gasteiger partial charge in [0.15, 0.2) is 0 Å². The lowest BCUT2D eigenvalue weighted by atomic mass is 10.3. The summed E-state index contributed by atoms with van der Waals surface area (Å²) >= 11 is 0. The number of aromatic nitrogens is 1. The van der Waals surface area contributed by atoms with Gasteiger partial charge in [0.1, 0.15) is 12.3 Å². The molecule has 2 aromatic rings. The van der Waals surface area contributed by atoms with E-state index in [9.17, 15) is 9.59 Å². The van der Waals surface area contributed by atoms with Gasteiger partial charge in [-0.2, -0.15) is 0 Å². The lowest BCUT2D eigenvalue weighted by molar-refractivity contribution is -0.116. The van der Waals surface area contributed by atoms with Gasteiger partial charge in [0.05, 0.1) is 6.61 Å². The Morgan fingerprint density at radius 2 is 1.95 bits per heavy atom. The number of rotatable bonds is 5. The minimum Gasteiger partial charge on any atom is -0.494 e. The van der Waals surface area contributed by atoms with E-state index in [1.165, 1.54) is 4.57 Å². The van der Waals surface area contributed by atoms with Crippen molar-refractivity contribution in [2.45, 2.75) is 20.4 Å². The summed E-state index contributed by atoms with van der Waals surface area (Å²) in [5.74, 6) is 0.511. The molecule has 1 N–H and O–H groups in total. The van der Waals surface area contributed by atoms with Crippen LogP contribution in [0.15, 0.2) is 47.4 Å². The average Bonchev–Trinajstić information content (AvgIpc) is 2.46. The number of carbonyl (C=O) groups excluding carboxylic acids is 1. The van der Waals surface area contributed by atoms with E-state index in [1.54, 1.807) is 49.5 Å². The first kappa shape index (κ1) is 14.8. The van der Waals surface area contributed by atoms with Gasteiger partial charge in [-0.25, -0.2) is 0 Å². The Morgan fingerprint density at radius 3 is 2.62 bits per heavy atom. The van der Waals surface area contributed by atoms with Crippen LogP contribution in [-0.2, 0) is 11.3 Å². The van der Waals surface area contributed by atoms with Crippen LogP contribution >= 0.6 is 0 Å². The van der Waals surface area contributed by atoms with Crippen LogP contribution in [-0.4, -0.2) is 17.1 Å². The first-order chi connectivity index (χ1) is 10.1. The molecule has 5 nitrogen and oxygen atoms in total. The molecule has 0 aliphatic heterocycles. The van der Waals surface area contributed by atoms with Crippen molar-refractivity contribution >= 4 is 11.6 Å². The summed E-state index contributed by atoms with van der Waals surface area (Å²) in [6.45, 7) is 4.23. The second kappa shape index (κ2) is 6.74. The van der Waals surface area contributed by atoms with E-state index in [-0.39, 0.29) is 18.0 Å². The van der Waals surface area contributed by atoms with Gasteiger partial charge in [0.25, 0.3) is 5.56 Å². The number of carbonyl (C=O) groups is 1. The van der Waals surface area contributed by atoms with Gasteiger partial charge in [-0.05, 0) is 44.2 Å². The average molecular weight is 286 g/mol. The minimum atomic E-state index is -0.244. The van der Waals surface area contributed by atoms with Crippen molar-refractivity contribution < 1.29 is 9.53 Å². The fourth-order valence-corrected chi connectivity index (χ4v) is 1.94. The predicted octanol–water partition coefficient (Wildman–Crippen LogP) is 2.19. The molecule has 0 aliphatic carbocycles. The molecule has 110 valence electrons. The smallest absolute Gasteiger partial charge is 0.253 e. The molecular formula is C16H18N2O3. The third kappa shape index (κ3) is 3.95. The standard InChI is InChI=1S/C16H18N2O3/c1-3-21-14-8-6-13(7-9-14)17-15(19)11-18-10-4-5-12(2)16(18)20/h4-10H,3,11H2,1-2H3,(H,17,19). The highest BCUT2D eigenvalue weighted by molar-refractivity contribution is 5.90. The zero-order chi connectivity index (χ0) is 15.2. The molecule has 0 saturated heterocycles. The van der Waals surface area contributed by atoms with Crippen LogP contribution < -0.4 is 15.6 Å². The maximum atomic E-state index is 12.0. The Morgan fingerprint density at radius 1 is 1.24 bits per heavy atom. The molecular weight excluding hydrogens is 268 g/mol. The van der Waals surface area contributed by atoms with Crippen LogP contribution in [0.25, 0.3) is 0 Å². The van der Waals surface area contributed by atoms with Gasteiger partial charge in [-0.1, -0.05) is 6.07 Å². The highest BCUT2D eigenvalue weighted by Gasteiger charge is 2.06. The quantitative estimate of drug-likeness (QED) is 0.916. The van der Waals surface area contributed by atoms with Crippen molar-refractivity contribution in [1.82, 2.24) is 4.57 Å². The number of nitrogens with zero attached hydrogens (tertiary/aromatic N) is 1. The number of pyridine rings is 1. The highest BCUT2D eigenvalue weighted by atomic mass is 16.5. The Hall–Kier alpha value is -2.56. The van der Waals surface area contributed by atoms with Crippen molar-refractivity contribution in [2.75, 3.05) is 11.9 Å². The molecule has 0 unspecified atom stereocenters. The van der Waals surface area contributed by atoms with Gasteiger partial charge in [-0.15, -0.1) is 0 Å². The first-order valence-corrected chi connectivity index (χ1v) is 6.79. The molecule has 21 heavy (non-hydrogen) atoms. The number of hydrogen-bond donors (Lipinski definition) is 1. The first-order valence-electron chi connectivity index (χ1n) is 6.79. The Bertz CT molecular complexity index is 675. The molecule has 0 aliphatic rings. The van der Waals surface area contributed by atoms with Crippen LogP contribution in [0.4, 0.5) is 5.69 Å². The van der Waals surface area contributed by atoms with Gasteiger partial charge in [0.2, 0.25) is 5.91 Å². The summed E-state index contributed by atoms with van der Waals surface area (Å²) in [6, 6.07) is 10.6. The van der Waals surface area contributed by atoms with Gasteiger partial charge < -0.3 is 14.6 Å². The van der Waals surface area contributed by atoms with Crippen LogP contribution in [0.2, 0.25) is 0 Å². The van der Waals surface area contributed by atoms with E-state index in [4.69, 9.17) is 4.74 Å². The predicted molar refractivity (Wildman–Crippen MR) is 81.7 cm³/mol. The molecule has 1 heterocycles. The third-order valence-electron chi connectivity index (χ3n) is 2.97. The van der Waals surface area contributed by atoms with E-state index < -0.39 is 0 Å². The molecule has 1 aromatic carbocycles. The second-order valence-corrected chi connectivity index (χ2v) is 4.63. The summed E-state index contributed by atoms with van der Waals surface area (Å²) in [5.41, 5.74) is 1.13. The van der Waals surface area contributed by atoms with Gasteiger partial charge in [0, 0.05) is 17.4 Å². The van der Waals surface area contributed by atoms with E-state index in [0.29, 0.717) is 17.9 Å². The normalized spacial score (nSPS) is 10.2. The summed E-state index contributed by atoms with van der Waals surface area (Å²) < 4.78 is 6.72. The topological polar surface area (TPSA) is 60.3 Å². The van der Waals surface area contributed by atoms with Crippen LogP contribution in [0.5, 0.6) is 5.75 Å². The number of hydrogen-bond acceptors (Lipinski definition) is 3. The molecule has 0 saturated carbocycles. The Balaban J connectivity index is 2.01. The summed E-state index contributed by atoms with van der Waals surface area (Å²) in [6.07, 6.45) is 1.60. The van der Waals surface area contributed by atoms with Crippen LogP contribution in [0.1, 0.15) is 12.5 Å². The molecule has 0 fully saturated rings. The van der Waals surface area contributed by atoms with Crippen molar-refractivity contribution in [2.24, 2.45) is 0 Å². The number of aryl methyl sites for hydroxylation is 1. The highest BCUT2D eigenvalue weighted by Crippen LogP contribution is 2.15. The maximum absolute atomic E-state index is 12.0. The fraction of sp³-hybridized carbons (Fsp3) is 0.250. The lowest BCUT2D eigenvalue weighted by Crippen LogP contribution is -2.28. The monoisotopic (exact) mass is 286 g/mol. The number of amides is 1. The number of nitrogens with one attached hydrogen (secondary N) is 1. The summed E-state index contributed by atoms with van der Waals surface area (Å²) in [4.78, 5) is 23.8. The Labute approximate surface area is 123 Å². The zero-order valence-corrected chi connectivity index (χ0v) is 12.1. The molecule has 2 rings (SSSR count). The summed E-state index contributed by atoms with van der Waals surface area (Å²) in [7, 11) is 0. The molecule has 0 bridgehead atoms. The second-order valence-electron chi connectivity index (χ2n) is 4.63. The van der Waals surface area contributed by atoms with Crippen LogP contribution in [0.3, 0.4) is 0 Å². The zero-order valence-electron chi connectivity index (χ0n) is 12.1. The van der Waals surface area contributed by atoms with Crippen molar-refractivity contribution in [3.63, 3.8) is 0 Å². The molecule has 1 aromatic heterocycles. The molecule has 0 spiro atoms. The Kier molecular flexibility index (Phi) is 4.77. The molecule has 0 atom stereocenters. The van der Waals surface area contributed by atoms with E-state index in [2.05, 4.69) is 5.32 Å². The van der Waals surface area contributed by atoms with E-state index in [1.807, 2.05) is 6.92 Å². The van der Waals surface area contributed by atoms with Crippen molar-refractivity contribution in [1.29, 1.82) is 0 Å². The lowest BCUT2D eigenvalue weighted by Gasteiger charge is -2.09. The molecule has 1 amide bonds. The third-order valence-corrected chi connectivity index (χ3v) is 2.97.